The summed E-state index contributed by atoms with van der Waals surface area (Å²) < 4.78 is 31.6. The quantitative estimate of drug-likeness (QED) is 0.724. The van der Waals surface area contributed by atoms with Crippen LogP contribution in [0.1, 0.15) is 24.5 Å². The van der Waals surface area contributed by atoms with Gasteiger partial charge in [-0.3, -0.25) is 9.10 Å². The van der Waals surface area contributed by atoms with Gasteiger partial charge in [-0.05, 0) is 61.7 Å². The largest absolute Gasteiger partial charge is 0.495 e. The standard InChI is InChI=1S/C20H25ClN2O4S/c1-6-17(20(24)22-16-9-7-13(2)14(3)11-16)23(28(5,25)26)18-12-15(21)8-10-19(18)27-4/h7-12,17H,6H2,1-5H3,(H,22,24)/t17-/m1/s1. The minimum atomic E-state index is -3.80. The molecule has 8 heteroatoms. The Kier molecular flexibility index (Phi) is 6.96. The lowest BCUT2D eigenvalue weighted by atomic mass is 10.1. The first-order valence-corrected chi connectivity index (χ1v) is 11.0. The summed E-state index contributed by atoms with van der Waals surface area (Å²) in [6.45, 7) is 5.67. The van der Waals surface area contributed by atoms with Gasteiger partial charge in [0.25, 0.3) is 0 Å². The second kappa shape index (κ2) is 8.84. The van der Waals surface area contributed by atoms with E-state index in [0.29, 0.717) is 16.5 Å². The van der Waals surface area contributed by atoms with Gasteiger partial charge in [-0.25, -0.2) is 8.42 Å². The Morgan fingerprint density at radius 3 is 2.39 bits per heavy atom. The molecule has 1 amide bonds. The highest BCUT2D eigenvalue weighted by Crippen LogP contribution is 2.35. The van der Waals surface area contributed by atoms with E-state index in [1.807, 2.05) is 26.0 Å². The molecule has 0 saturated carbocycles. The maximum absolute atomic E-state index is 13.0. The maximum Gasteiger partial charge on any atom is 0.248 e. The summed E-state index contributed by atoms with van der Waals surface area (Å²) in [5, 5.41) is 3.16. The fourth-order valence-electron chi connectivity index (χ4n) is 2.92. The van der Waals surface area contributed by atoms with Crippen molar-refractivity contribution in [3.05, 3.63) is 52.5 Å². The van der Waals surface area contributed by atoms with Gasteiger partial charge < -0.3 is 10.1 Å². The Morgan fingerprint density at radius 2 is 1.86 bits per heavy atom. The molecule has 0 heterocycles. The van der Waals surface area contributed by atoms with Crippen LogP contribution in [-0.2, 0) is 14.8 Å². The summed E-state index contributed by atoms with van der Waals surface area (Å²) >= 11 is 6.08. The van der Waals surface area contributed by atoms with Crippen LogP contribution < -0.4 is 14.4 Å². The lowest BCUT2D eigenvalue weighted by Crippen LogP contribution is -2.47. The number of sulfonamides is 1. The van der Waals surface area contributed by atoms with Crippen LogP contribution in [0.2, 0.25) is 5.02 Å². The zero-order valence-corrected chi connectivity index (χ0v) is 18.2. The third-order valence-corrected chi connectivity index (χ3v) is 5.88. The van der Waals surface area contributed by atoms with E-state index in [2.05, 4.69) is 5.32 Å². The third kappa shape index (κ3) is 4.97. The van der Waals surface area contributed by atoms with Crippen molar-refractivity contribution in [1.82, 2.24) is 0 Å². The first kappa shape index (κ1) is 22.0. The predicted octanol–water partition coefficient (Wildman–Crippen LogP) is 4.15. The second-order valence-electron chi connectivity index (χ2n) is 6.59. The summed E-state index contributed by atoms with van der Waals surface area (Å²) in [6, 6.07) is 9.23. The highest BCUT2D eigenvalue weighted by Gasteiger charge is 2.33. The average Bonchev–Trinajstić information content (AvgIpc) is 2.61. The molecule has 0 spiro atoms. The van der Waals surface area contributed by atoms with Gasteiger partial charge in [-0.15, -0.1) is 0 Å². The number of amides is 1. The Bertz CT molecular complexity index is 976. The van der Waals surface area contributed by atoms with Crippen molar-refractivity contribution in [3.63, 3.8) is 0 Å². The summed E-state index contributed by atoms with van der Waals surface area (Å²) in [5.41, 5.74) is 2.96. The zero-order valence-electron chi connectivity index (χ0n) is 16.6. The minimum Gasteiger partial charge on any atom is -0.495 e. The van der Waals surface area contributed by atoms with Gasteiger partial charge in [-0.1, -0.05) is 24.6 Å². The zero-order chi connectivity index (χ0) is 21.1. The van der Waals surface area contributed by atoms with Crippen molar-refractivity contribution < 1.29 is 17.9 Å². The number of carbonyl (C=O) groups is 1. The van der Waals surface area contributed by atoms with Crippen molar-refractivity contribution in [2.45, 2.75) is 33.2 Å². The van der Waals surface area contributed by atoms with E-state index in [9.17, 15) is 13.2 Å². The number of methoxy groups -OCH3 is 1. The second-order valence-corrected chi connectivity index (χ2v) is 8.88. The van der Waals surface area contributed by atoms with Gasteiger partial charge in [0.2, 0.25) is 15.9 Å². The van der Waals surface area contributed by atoms with Crippen LogP contribution in [0.3, 0.4) is 0 Å². The number of hydrogen-bond acceptors (Lipinski definition) is 4. The van der Waals surface area contributed by atoms with Crippen molar-refractivity contribution in [1.29, 1.82) is 0 Å². The summed E-state index contributed by atoms with van der Waals surface area (Å²) in [6.07, 6.45) is 1.32. The molecule has 1 N–H and O–H groups in total. The summed E-state index contributed by atoms with van der Waals surface area (Å²) in [4.78, 5) is 13.0. The average molecular weight is 425 g/mol. The van der Waals surface area contributed by atoms with Crippen LogP contribution in [0.15, 0.2) is 36.4 Å². The number of hydrogen-bond donors (Lipinski definition) is 1. The summed E-state index contributed by atoms with van der Waals surface area (Å²) in [7, 11) is -2.36. The van der Waals surface area contributed by atoms with E-state index in [-0.39, 0.29) is 12.1 Å². The molecule has 152 valence electrons. The normalized spacial score (nSPS) is 12.4. The SMILES string of the molecule is CC[C@H](C(=O)Nc1ccc(C)c(C)c1)N(c1cc(Cl)ccc1OC)S(C)(=O)=O. The van der Waals surface area contributed by atoms with Crippen LogP contribution in [0.5, 0.6) is 5.75 Å². The van der Waals surface area contributed by atoms with Crippen molar-refractivity contribution in [3.8, 4) is 5.75 Å². The number of nitrogens with zero attached hydrogens (tertiary/aromatic N) is 1. The Labute approximate surface area is 171 Å². The van der Waals surface area contributed by atoms with Crippen LogP contribution in [0.4, 0.5) is 11.4 Å². The fraction of sp³-hybridized carbons (Fsp3) is 0.350. The van der Waals surface area contributed by atoms with Crippen LogP contribution in [-0.4, -0.2) is 33.7 Å². The molecule has 0 aliphatic carbocycles. The molecule has 1 atom stereocenters. The number of aryl methyl sites for hydroxylation is 2. The van der Waals surface area contributed by atoms with Gasteiger partial charge in [0.15, 0.2) is 0 Å². The molecule has 0 aliphatic rings. The van der Waals surface area contributed by atoms with Crippen molar-refractivity contribution >= 4 is 38.9 Å². The number of carbonyl (C=O) groups excluding carboxylic acids is 1. The predicted molar refractivity (Wildman–Crippen MR) is 114 cm³/mol. The highest BCUT2D eigenvalue weighted by atomic mass is 35.5. The lowest BCUT2D eigenvalue weighted by molar-refractivity contribution is -0.117. The van der Waals surface area contributed by atoms with Crippen LogP contribution >= 0.6 is 11.6 Å². The Balaban J connectivity index is 2.47. The first-order valence-electron chi connectivity index (χ1n) is 8.79. The molecular weight excluding hydrogens is 400 g/mol. The fourth-order valence-corrected chi connectivity index (χ4v) is 4.29. The van der Waals surface area contributed by atoms with E-state index < -0.39 is 22.0 Å². The number of halogens is 1. The smallest absolute Gasteiger partial charge is 0.248 e. The summed E-state index contributed by atoms with van der Waals surface area (Å²) in [5.74, 6) is -0.120. The Morgan fingerprint density at radius 1 is 1.18 bits per heavy atom. The molecule has 0 radical (unpaired) electrons. The van der Waals surface area contributed by atoms with Crippen LogP contribution in [0, 0.1) is 13.8 Å². The van der Waals surface area contributed by atoms with E-state index in [1.54, 1.807) is 25.1 Å². The Hall–Kier alpha value is -2.25. The van der Waals surface area contributed by atoms with Crippen molar-refractivity contribution in [2.75, 3.05) is 23.0 Å². The van der Waals surface area contributed by atoms with Gasteiger partial charge >= 0.3 is 0 Å². The lowest BCUT2D eigenvalue weighted by Gasteiger charge is -2.31. The topological polar surface area (TPSA) is 75.7 Å². The molecular formula is C20H25ClN2O4S. The maximum atomic E-state index is 13.0. The van der Waals surface area contributed by atoms with Gasteiger partial charge in [0.05, 0.1) is 19.1 Å². The first-order chi connectivity index (χ1) is 13.1. The molecule has 0 aromatic heterocycles. The van der Waals surface area contributed by atoms with E-state index >= 15 is 0 Å². The molecule has 2 aromatic carbocycles. The van der Waals surface area contributed by atoms with E-state index in [0.717, 1.165) is 21.7 Å². The monoisotopic (exact) mass is 424 g/mol. The van der Waals surface area contributed by atoms with Crippen LogP contribution in [0.25, 0.3) is 0 Å². The van der Waals surface area contributed by atoms with E-state index in [4.69, 9.17) is 16.3 Å². The molecule has 0 saturated heterocycles. The molecule has 0 bridgehead atoms. The molecule has 2 aromatic rings. The van der Waals surface area contributed by atoms with Crippen molar-refractivity contribution in [2.24, 2.45) is 0 Å². The highest BCUT2D eigenvalue weighted by molar-refractivity contribution is 7.92. The molecule has 0 unspecified atom stereocenters. The number of nitrogens with one attached hydrogen (secondary N) is 1. The molecule has 6 nitrogen and oxygen atoms in total. The molecule has 0 fully saturated rings. The molecule has 28 heavy (non-hydrogen) atoms. The number of benzene rings is 2. The molecule has 0 aliphatic heterocycles. The van der Waals surface area contributed by atoms with Gasteiger partial charge in [-0.2, -0.15) is 0 Å². The minimum absolute atomic E-state index is 0.222. The number of ether oxygens (including phenoxy) is 1. The van der Waals surface area contributed by atoms with Gasteiger partial charge in [0.1, 0.15) is 11.8 Å². The van der Waals surface area contributed by atoms with Gasteiger partial charge in [0, 0.05) is 10.7 Å². The number of rotatable bonds is 7. The van der Waals surface area contributed by atoms with E-state index in [1.165, 1.54) is 13.2 Å². The molecule has 2 rings (SSSR count). The third-order valence-electron chi connectivity index (χ3n) is 4.48. The number of anilines is 2.